The number of rotatable bonds is 6. The van der Waals surface area contributed by atoms with E-state index in [0.29, 0.717) is 13.0 Å². The number of aromatic nitrogens is 2. The summed E-state index contributed by atoms with van der Waals surface area (Å²) in [6.45, 7) is 0.418. The van der Waals surface area contributed by atoms with Gasteiger partial charge >= 0.3 is 6.18 Å². The Morgan fingerprint density at radius 3 is 2.69 bits per heavy atom. The molecule has 15 heteroatoms. The molecule has 0 unspecified atom stereocenters. The Morgan fingerprint density at radius 2 is 2.05 bits per heavy atom. The summed E-state index contributed by atoms with van der Waals surface area (Å²) in [4.78, 5) is 39.4. The Kier molecular flexibility index (Phi) is 6.67. The van der Waals surface area contributed by atoms with Gasteiger partial charge in [0.1, 0.15) is 22.4 Å². The van der Waals surface area contributed by atoms with E-state index in [1.54, 1.807) is 6.92 Å². The van der Waals surface area contributed by atoms with Gasteiger partial charge in [-0.3, -0.25) is 14.6 Å². The molecule has 1 aliphatic carbocycles. The molecule has 2 fully saturated rings. The average molecular weight is 571 g/mol. The van der Waals surface area contributed by atoms with Crippen LogP contribution < -0.4 is 15.8 Å². The van der Waals surface area contributed by atoms with Gasteiger partial charge in [0.05, 0.1) is 24.5 Å². The van der Waals surface area contributed by atoms with Crippen molar-refractivity contribution in [2.75, 3.05) is 25.0 Å². The number of anilines is 1. The summed E-state index contributed by atoms with van der Waals surface area (Å²) < 4.78 is 69.3. The number of carbonyl (C=O) groups excluding carboxylic acids is 2. The van der Waals surface area contributed by atoms with Crippen molar-refractivity contribution in [1.82, 2.24) is 14.9 Å². The molecule has 39 heavy (non-hydrogen) atoms. The lowest BCUT2D eigenvalue weighted by molar-refractivity contribution is -0.154. The van der Waals surface area contributed by atoms with E-state index in [0.717, 1.165) is 30.2 Å². The largest absolute Gasteiger partial charge is 0.467 e. The standard InChI is InChI=1S/C24H23F5N6O3S/c1-22(17-7-23(17,39-21(30)34-22)20(37)35-5-4-12(25)10-35)14-6-13(2-3-15(14)26)33-19(36)16-8-32-18(9-31-16)38-11-24(27,28)29/h2-3,6,8-9,12,17H,4-5,7,10-11H2,1H3,(H2,30,34)(H,33,36)/t12-,17-,22-,23-/m0/s1. The minimum absolute atomic E-state index is 0.00975. The number of hydrogen-bond donors (Lipinski definition) is 2. The maximum Gasteiger partial charge on any atom is 0.422 e. The monoisotopic (exact) mass is 570 g/mol. The number of amides is 2. The Morgan fingerprint density at radius 1 is 1.28 bits per heavy atom. The molecule has 0 bridgehead atoms. The number of benzene rings is 1. The highest BCUT2D eigenvalue weighted by Gasteiger charge is 2.71. The van der Waals surface area contributed by atoms with Crippen LogP contribution in [0.4, 0.5) is 27.6 Å². The molecule has 5 rings (SSSR count). The second-order valence-corrected chi connectivity index (χ2v) is 11.1. The van der Waals surface area contributed by atoms with E-state index in [4.69, 9.17) is 5.73 Å². The molecule has 2 aliphatic heterocycles. The lowest BCUT2D eigenvalue weighted by atomic mass is 9.85. The molecule has 1 saturated carbocycles. The third-order valence-electron chi connectivity index (χ3n) is 7.01. The molecular weight excluding hydrogens is 547 g/mol. The van der Waals surface area contributed by atoms with Gasteiger partial charge in [0.15, 0.2) is 11.8 Å². The smallest absolute Gasteiger partial charge is 0.422 e. The van der Waals surface area contributed by atoms with Crippen LogP contribution >= 0.6 is 11.8 Å². The van der Waals surface area contributed by atoms with Crippen molar-refractivity contribution in [3.05, 3.63) is 47.7 Å². The van der Waals surface area contributed by atoms with E-state index in [1.165, 1.54) is 17.0 Å². The van der Waals surface area contributed by atoms with E-state index < -0.39 is 52.8 Å². The SMILES string of the molecule is C[C@@]1(c2cc(NC(=O)c3cnc(OCC(F)(F)F)cn3)ccc2F)N=C(N)S[C@@]2(C(=O)N3CC[C@H](F)C3)C[C@@H]12. The molecule has 3 aliphatic rings. The van der Waals surface area contributed by atoms with Crippen LogP contribution in [0.2, 0.25) is 0 Å². The van der Waals surface area contributed by atoms with E-state index in [9.17, 15) is 27.2 Å². The van der Waals surface area contributed by atoms with Gasteiger partial charge in [-0.05, 0) is 38.0 Å². The molecule has 2 aromatic rings. The van der Waals surface area contributed by atoms with Crippen molar-refractivity contribution < 1.29 is 36.3 Å². The number of halogens is 5. The van der Waals surface area contributed by atoms with Crippen LogP contribution in [-0.2, 0) is 10.3 Å². The second kappa shape index (κ2) is 9.61. The summed E-state index contributed by atoms with van der Waals surface area (Å²) >= 11 is 1.11. The topological polar surface area (TPSA) is 123 Å². The molecule has 0 spiro atoms. The van der Waals surface area contributed by atoms with Crippen molar-refractivity contribution >= 4 is 34.4 Å². The number of alkyl halides is 4. The van der Waals surface area contributed by atoms with Gasteiger partial charge in [0.25, 0.3) is 5.91 Å². The van der Waals surface area contributed by atoms with Crippen molar-refractivity contribution in [2.24, 2.45) is 16.6 Å². The van der Waals surface area contributed by atoms with Crippen LogP contribution in [0.25, 0.3) is 0 Å². The summed E-state index contributed by atoms with van der Waals surface area (Å²) in [7, 11) is 0. The predicted octanol–water partition coefficient (Wildman–Crippen LogP) is 3.41. The molecule has 3 N–H and O–H groups in total. The lowest BCUT2D eigenvalue weighted by Gasteiger charge is -2.35. The quantitative estimate of drug-likeness (QED) is 0.511. The van der Waals surface area contributed by atoms with E-state index >= 15 is 4.39 Å². The molecule has 2 amide bonds. The molecule has 0 radical (unpaired) electrons. The summed E-state index contributed by atoms with van der Waals surface area (Å²) in [6.07, 6.45) is -3.18. The number of carbonyl (C=O) groups is 2. The van der Waals surface area contributed by atoms with E-state index in [2.05, 4.69) is 25.0 Å². The maximum absolute atomic E-state index is 15.2. The van der Waals surface area contributed by atoms with Crippen molar-refractivity contribution in [1.29, 1.82) is 0 Å². The zero-order valence-electron chi connectivity index (χ0n) is 20.5. The van der Waals surface area contributed by atoms with Crippen LogP contribution in [-0.4, -0.2) is 68.6 Å². The first-order valence-corrected chi connectivity index (χ1v) is 12.7. The number of hydrogen-bond acceptors (Lipinski definition) is 8. The molecule has 1 aromatic heterocycles. The summed E-state index contributed by atoms with van der Waals surface area (Å²) in [5.41, 5.74) is 4.94. The molecule has 3 heterocycles. The highest BCUT2D eigenvalue weighted by molar-refractivity contribution is 8.15. The van der Waals surface area contributed by atoms with Crippen molar-refractivity contribution in [3.8, 4) is 5.88 Å². The zero-order chi connectivity index (χ0) is 28.2. The number of likely N-dealkylation sites (tertiary alicyclic amines) is 1. The van der Waals surface area contributed by atoms with Gasteiger partial charge < -0.3 is 20.7 Å². The summed E-state index contributed by atoms with van der Waals surface area (Å²) in [5, 5.41) is 2.65. The third kappa shape index (κ3) is 5.23. The number of nitrogens with two attached hydrogens (primary N) is 1. The molecule has 1 saturated heterocycles. The first-order valence-electron chi connectivity index (χ1n) is 11.9. The lowest BCUT2D eigenvalue weighted by Crippen LogP contribution is -2.45. The fourth-order valence-electron chi connectivity index (χ4n) is 5.07. The van der Waals surface area contributed by atoms with Crippen LogP contribution in [0.5, 0.6) is 5.88 Å². The molecular formula is C24H23F5N6O3S. The summed E-state index contributed by atoms with van der Waals surface area (Å²) in [5.74, 6) is -2.44. The van der Waals surface area contributed by atoms with Crippen LogP contribution in [0.3, 0.4) is 0 Å². The minimum Gasteiger partial charge on any atom is -0.467 e. The predicted molar refractivity (Wildman–Crippen MR) is 131 cm³/mol. The van der Waals surface area contributed by atoms with E-state index in [-0.39, 0.29) is 41.0 Å². The number of aliphatic imine (C=N–C) groups is 1. The highest BCUT2D eigenvalue weighted by Crippen LogP contribution is 2.66. The maximum atomic E-state index is 15.2. The van der Waals surface area contributed by atoms with Crippen LogP contribution in [0.1, 0.15) is 35.8 Å². The van der Waals surface area contributed by atoms with Gasteiger partial charge in [-0.15, -0.1) is 0 Å². The number of amidine groups is 1. The Hall–Kier alpha value is -3.49. The normalized spacial score (nSPS) is 27.9. The fraction of sp³-hybridized carbons (Fsp3) is 0.458. The number of thioether (sulfide) groups is 1. The Balaban J connectivity index is 1.34. The Labute approximate surface area is 223 Å². The number of fused-ring (bicyclic) bond motifs is 1. The number of nitrogens with zero attached hydrogens (tertiary/aromatic N) is 4. The highest BCUT2D eigenvalue weighted by atomic mass is 32.2. The van der Waals surface area contributed by atoms with Gasteiger partial charge in [-0.1, -0.05) is 11.8 Å². The minimum atomic E-state index is -4.56. The van der Waals surface area contributed by atoms with Crippen molar-refractivity contribution in [2.45, 2.75) is 42.4 Å². The average Bonchev–Trinajstić information content (AvgIpc) is 3.48. The van der Waals surface area contributed by atoms with Gasteiger partial charge in [0, 0.05) is 23.7 Å². The molecule has 9 nitrogen and oxygen atoms in total. The molecule has 4 atom stereocenters. The Bertz CT molecular complexity index is 1340. The van der Waals surface area contributed by atoms with Crippen LogP contribution in [0, 0.1) is 11.7 Å². The fourth-order valence-corrected chi connectivity index (χ4v) is 6.52. The summed E-state index contributed by atoms with van der Waals surface area (Å²) in [6, 6.07) is 3.84. The third-order valence-corrected chi connectivity index (χ3v) is 8.30. The number of nitrogens with one attached hydrogen (secondary N) is 1. The van der Waals surface area contributed by atoms with Gasteiger partial charge in [-0.25, -0.2) is 18.7 Å². The first-order chi connectivity index (χ1) is 18.3. The zero-order valence-corrected chi connectivity index (χ0v) is 21.3. The van der Waals surface area contributed by atoms with Crippen LogP contribution in [0.15, 0.2) is 35.6 Å². The van der Waals surface area contributed by atoms with E-state index in [1.807, 2.05) is 0 Å². The second-order valence-electron chi connectivity index (χ2n) is 9.78. The van der Waals surface area contributed by atoms with Gasteiger partial charge in [-0.2, -0.15) is 13.2 Å². The first kappa shape index (κ1) is 27.1. The van der Waals surface area contributed by atoms with Gasteiger partial charge in [0.2, 0.25) is 11.8 Å². The van der Waals surface area contributed by atoms with Crippen molar-refractivity contribution in [3.63, 3.8) is 0 Å². The number of ether oxygens (including phenoxy) is 1. The molecule has 208 valence electrons. The molecule has 1 aromatic carbocycles.